The van der Waals surface area contributed by atoms with Gasteiger partial charge in [0.2, 0.25) is 5.91 Å². The Kier molecular flexibility index (Phi) is 7.64. The minimum Gasteiger partial charge on any atom is -0.493 e. The predicted molar refractivity (Wildman–Crippen MR) is 116 cm³/mol. The van der Waals surface area contributed by atoms with Crippen molar-refractivity contribution in [1.82, 2.24) is 15.1 Å². The molecule has 3 amide bonds. The Hall–Kier alpha value is -3.76. The molecule has 1 heterocycles. The lowest BCUT2D eigenvalue weighted by Crippen LogP contribution is -2.52. The van der Waals surface area contributed by atoms with E-state index < -0.39 is 29.1 Å². The van der Waals surface area contributed by atoms with Gasteiger partial charge in [-0.1, -0.05) is 12.1 Å². The second-order valence-electron chi connectivity index (χ2n) is 7.47. The summed E-state index contributed by atoms with van der Waals surface area (Å²) in [6.45, 7) is 0.189. The van der Waals surface area contributed by atoms with E-state index in [0.29, 0.717) is 11.5 Å². The summed E-state index contributed by atoms with van der Waals surface area (Å²) >= 11 is 0. The van der Waals surface area contributed by atoms with Crippen LogP contribution in [0.5, 0.6) is 11.5 Å². The first-order chi connectivity index (χ1) is 16.2. The Morgan fingerprint density at radius 1 is 0.912 bits per heavy atom. The molecule has 34 heavy (non-hydrogen) atoms. The highest BCUT2D eigenvalue weighted by molar-refractivity contribution is 5.97. The van der Waals surface area contributed by atoms with Gasteiger partial charge >= 0.3 is 6.18 Å². The van der Waals surface area contributed by atoms with Crippen LogP contribution in [0.4, 0.5) is 13.2 Å². The number of nitrogens with one attached hydrogen (secondary N) is 1. The van der Waals surface area contributed by atoms with Crippen LogP contribution in [0, 0.1) is 0 Å². The van der Waals surface area contributed by atoms with Gasteiger partial charge in [-0.2, -0.15) is 13.2 Å². The van der Waals surface area contributed by atoms with Crippen LogP contribution in [0.15, 0.2) is 42.5 Å². The predicted octanol–water partition coefficient (Wildman–Crippen LogP) is 2.44. The molecule has 8 nitrogen and oxygen atoms in total. The third-order valence-electron chi connectivity index (χ3n) is 5.43. The van der Waals surface area contributed by atoms with Gasteiger partial charge in [0.1, 0.15) is 0 Å². The second-order valence-corrected chi connectivity index (χ2v) is 7.47. The molecule has 2 aromatic carbocycles. The maximum Gasteiger partial charge on any atom is 0.417 e. The van der Waals surface area contributed by atoms with E-state index in [4.69, 9.17) is 9.47 Å². The molecule has 0 radical (unpaired) electrons. The van der Waals surface area contributed by atoms with E-state index in [1.807, 2.05) is 0 Å². The van der Waals surface area contributed by atoms with Crippen molar-refractivity contribution < 1.29 is 37.0 Å². The normalized spacial score (nSPS) is 13.9. The topological polar surface area (TPSA) is 88.2 Å². The molecule has 1 fully saturated rings. The van der Waals surface area contributed by atoms with Gasteiger partial charge in [0.15, 0.2) is 11.5 Å². The van der Waals surface area contributed by atoms with Crippen molar-refractivity contribution in [3.05, 3.63) is 59.2 Å². The molecule has 0 unspecified atom stereocenters. The number of ether oxygens (including phenoxy) is 2. The molecule has 1 saturated heterocycles. The molecule has 1 N–H and O–H groups in total. The summed E-state index contributed by atoms with van der Waals surface area (Å²) in [5.74, 6) is -0.750. The minimum atomic E-state index is -4.64. The van der Waals surface area contributed by atoms with Gasteiger partial charge in [-0.15, -0.1) is 0 Å². The number of carbonyl (C=O) groups excluding carboxylic acids is 3. The molecule has 0 aromatic heterocycles. The fourth-order valence-electron chi connectivity index (χ4n) is 3.59. The number of methoxy groups -OCH3 is 2. The van der Waals surface area contributed by atoms with Crippen LogP contribution in [-0.2, 0) is 11.0 Å². The monoisotopic (exact) mass is 479 g/mol. The SMILES string of the molecule is COc1ccc(C(=O)NCC(=O)N2CCN(C(=O)c3ccccc3C(F)(F)F)CC2)cc1OC. The zero-order valence-corrected chi connectivity index (χ0v) is 18.6. The van der Waals surface area contributed by atoms with Crippen molar-refractivity contribution in [2.45, 2.75) is 6.18 Å². The molecular formula is C23H24F3N3O5. The highest BCUT2D eigenvalue weighted by atomic mass is 19.4. The van der Waals surface area contributed by atoms with E-state index in [1.165, 1.54) is 48.3 Å². The van der Waals surface area contributed by atoms with Crippen LogP contribution in [-0.4, -0.2) is 74.5 Å². The lowest BCUT2D eigenvalue weighted by Gasteiger charge is -2.35. The van der Waals surface area contributed by atoms with Crippen LogP contribution >= 0.6 is 0 Å². The highest BCUT2D eigenvalue weighted by Gasteiger charge is 2.36. The lowest BCUT2D eigenvalue weighted by molar-refractivity contribution is -0.138. The first-order valence-electron chi connectivity index (χ1n) is 10.4. The van der Waals surface area contributed by atoms with E-state index in [2.05, 4.69) is 5.32 Å². The molecule has 0 saturated carbocycles. The zero-order valence-electron chi connectivity index (χ0n) is 18.6. The third-order valence-corrected chi connectivity index (χ3v) is 5.43. The summed E-state index contributed by atoms with van der Waals surface area (Å²) in [4.78, 5) is 40.3. The van der Waals surface area contributed by atoms with Crippen molar-refractivity contribution >= 4 is 17.7 Å². The van der Waals surface area contributed by atoms with Crippen molar-refractivity contribution in [3.8, 4) is 11.5 Å². The average molecular weight is 479 g/mol. The molecule has 0 bridgehead atoms. The number of alkyl halides is 3. The Bertz CT molecular complexity index is 1070. The van der Waals surface area contributed by atoms with E-state index in [-0.39, 0.29) is 44.2 Å². The summed E-state index contributed by atoms with van der Waals surface area (Å²) in [5.41, 5.74) is -1.13. The summed E-state index contributed by atoms with van der Waals surface area (Å²) < 4.78 is 50.0. The second kappa shape index (κ2) is 10.4. The fraction of sp³-hybridized carbons (Fsp3) is 0.348. The highest BCUT2D eigenvalue weighted by Crippen LogP contribution is 2.32. The number of rotatable bonds is 6. The van der Waals surface area contributed by atoms with Crippen molar-refractivity contribution in [2.24, 2.45) is 0 Å². The van der Waals surface area contributed by atoms with E-state index in [0.717, 1.165) is 12.1 Å². The smallest absolute Gasteiger partial charge is 0.417 e. The number of piperazine rings is 1. The fourth-order valence-corrected chi connectivity index (χ4v) is 3.59. The molecule has 0 spiro atoms. The first kappa shape index (κ1) is 24.9. The Labute approximate surface area is 194 Å². The molecule has 3 rings (SSSR count). The third kappa shape index (κ3) is 5.59. The molecular weight excluding hydrogens is 455 g/mol. The van der Waals surface area contributed by atoms with Gasteiger partial charge < -0.3 is 24.6 Å². The molecule has 2 aromatic rings. The van der Waals surface area contributed by atoms with Gasteiger partial charge in [0, 0.05) is 31.7 Å². The summed E-state index contributed by atoms with van der Waals surface area (Å²) in [6, 6.07) is 9.21. The number of nitrogens with zero attached hydrogens (tertiary/aromatic N) is 2. The molecule has 0 aliphatic carbocycles. The van der Waals surface area contributed by atoms with Gasteiger partial charge in [-0.05, 0) is 30.3 Å². The molecule has 1 aliphatic heterocycles. The molecule has 182 valence electrons. The maximum atomic E-state index is 13.2. The Morgan fingerprint density at radius 2 is 1.53 bits per heavy atom. The van der Waals surface area contributed by atoms with Crippen LogP contribution in [0.3, 0.4) is 0 Å². The van der Waals surface area contributed by atoms with E-state index in [9.17, 15) is 27.6 Å². The van der Waals surface area contributed by atoms with E-state index >= 15 is 0 Å². The largest absolute Gasteiger partial charge is 0.493 e. The van der Waals surface area contributed by atoms with Crippen LogP contribution in [0.2, 0.25) is 0 Å². The van der Waals surface area contributed by atoms with Crippen molar-refractivity contribution in [2.75, 3.05) is 46.9 Å². The summed E-state index contributed by atoms with van der Waals surface area (Å²) in [5, 5.41) is 2.54. The number of benzene rings is 2. The summed E-state index contributed by atoms with van der Waals surface area (Å²) in [6.07, 6.45) is -4.64. The van der Waals surface area contributed by atoms with Gasteiger partial charge in [0.05, 0.1) is 31.9 Å². The van der Waals surface area contributed by atoms with Crippen LogP contribution < -0.4 is 14.8 Å². The molecule has 1 aliphatic rings. The lowest BCUT2D eigenvalue weighted by atomic mass is 10.1. The number of amides is 3. The van der Waals surface area contributed by atoms with Crippen molar-refractivity contribution in [3.63, 3.8) is 0 Å². The van der Waals surface area contributed by atoms with Crippen LogP contribution in [0.1, 0.15) is 26.3 Å². The molecule has 0 atom stereocenters. The number of hydrogen-bond acceptors (Lipinski definition) is 5. The Balaban J connectivity index is 1.54. The van der Waals surface area contributed by atoms with Crippen molar-refractivity contribution in [1.29, 1.82) is 0 Å². The number of halogens is 3. The Morgan fingerprint density at radius 3 is 2.15 bits per heavy atom. The minimum absolute atomic E-state index is 0.0837. The number of carbonyl (C=O) groups is 3. The molecule has 11 heteroatoms. The first-order valence-corrected chi connectivity index (χ1v) is 10.4. The standard InChI is InChI=1S/C23H24F3N3O5/c1-33-18-8-7-15(13-19(18)34-2)21(31)27-14-20(30)28-9-11-29(12-10-28)22(32)16-5-3-4-6-17(16)23(24,25)26/h3-8,13H,9-12,14H2,1-2H3,(H,27,31). The quantitative estimate of drug-likeness (QED) is 0.688. The number of hydrogen-bond donors (Lipinski definition) is 1. The van der Waals surface area contributed by atoms with Gasteiger partial charge in [-0.25, -0.2) is 0 Å². The van der Waals surface area contributed by atoms with Gasteiger partial charge in [-0.3, -0.25) is 14.4 Å². The van der Waals surface area contributed by atoms with Crippen LogP contribution in [0.25, 0.3) is 0 Å². The zero-order chi connectivity index (χ0) is 24.9. The summed E-state index contributed by atoms with van der Waals surface area (Å²) in [7, 11) is 2.91. The van der Waals surface area contributed by atoms with Gasteiger partial charge in [0.25, 0.3) is 11.8 Å². The maximum absolute atomic E-state index is 13.2. The average Bonchev–Trinajstić information content (AvgIpc) is 2.85. The van der Waals surface area contributed by atoms with E-state index in [1.54, 1.807) is 6.07 Å².